The standard InChI is InChI=1S/C15H11N3O2/c1-20-12-6-7-13-14(8-12)18-15(17-13)10-2-4-11(5-3-10)16-9-19/h2-8H,1H3,(H,17,18). The summed E-state index contributed by atoms with van der Waals surface area (Å²) in [4.78, 5) is 21.5. The van der Waals surface area contributed by atoms with Crippen LogP contribution in [0.1, 0.15) is 0 Å². The van der Waals surface area contributed by atoms with Crippen LogP contribution in [0.3, 0.4) is 0 Å². The van der Waals surface area contributed by atoms with E-state index in [0.717, 1.165) is 28.2 Å². The number of carbonyl (C=O) groups excluding carboxylic acids is 1. The highest BCUT2D eigenvalue weighted by molar-refractivity contribution is 5.80. The van der Waals surface area contributed by atoms with Gasteiger partial charge in [-0.3, -0.25) is 0 Å². The minimum absolute atomic E-state index is 0.571. The minimum Gasteiger partial charge on any atom is -0.497 e. The van der Waals surface area contributed by atoms with Crippen molar-refractivity contribution < 1.29 is 9.53 Å². The summed E-state index contributed by atoms with van der Waals surface area (Å²) in [5.74, 6) is 1.54. The second-order valence-corrected chi connectivity index (χ2v) is 4.22. The van der Waals surface area contributed by atoms with E-state index >= 15 is 0 Å². The zero-order valence-electron chi connectivity index (χ0n) is 10.8. The fraction of sp³-hybridized carbons (Fsp3) is 0.0667. The predicted molar refractivity (Wildman–Crippen MR) is 75.9 cm³/mol. The molecule has 0 aliphatic rings. The molecule has 1 heterocycles. The van der Waals surface area contributed by atoms with E-state index in [2.05, 4.69) is 15.0 Å². The molecule has 0 spiro atoms. The topological polar surface area (TPSA) is 67.3 Å². The number of aromatic amines is 1. The summed E-state index contributed by atoms with van der Waals surface area (Å²) >= 11 is 0. The van der Waals surface area contributed by atoms with Gasteiger partial charge >= 0.3 is 0 Å². The Bertz CT molecular complexity index is 800. The summed E-state index contributed by atoms with van der Waals surface area (Å²) < 4.78 is 5.18. The summed E-state index contributed by atoms with van der Waals surface area (Å²) in [7, 11) is 1.63. The second kappa shape index (κ2) is 4.99. The number of fused-ring (bicyclic) bond motifs is 1. The predicted octanol–water partition coefficient (Wildman–Crippen LogP) is 3.21. The van der Waals surface area contributed by atoms with Crippen LogP contribution in [0.2, 0.25) is 0 Å². The maximum absolute atomic E-state index is 10.2. The molecule has 3 aromatic rings. The van der Waals surface area contributed by atoms with Crippen molar-refractivity contribution in [1.29, 1.82) is 0 Å². The molecule has 0 aliphatic heterocycles. The van der Waals surface area contributed by atoms with Crippen LogP contribution >= 0.6 is 0 Å². The first-order chi connectivity index (χ1) is 9.80. The third kappa shape index (κ3) is 2.18. The Morgan fingerprint density at radius 1 is 1.20 bits per heavy atom. The summed E-state index contributed by atoms with van der Waals surface area (Å²) in [6, 6.07) is 12.9. The lowest BCUT2D eigenvalue weighted by Crippen LogP contribution is -1.81. The molecule has 0 saturated heterocycles. The normalized spacial score (nSPS) is 10.2. The molecule has 20 heavy (non-hydrogen) atoms. The molecule has 0 aliphatic carbocycles. The molecule has 0 radical (unpaired) electrons. The molecule has 98 valence electrons. The zero-order chi connectivity index (χ0) is 13.9. The van der Waals surface area contributed by atoms with Gasteiger partial charge < -0.3 is 9.72 Å². The Kier molecular flexibility index (Phi) is 3.03. The number of hydrogen-bond donors (Lipinski definition) is 1. The van der Waals surface area contributed by atoms with Gasteiger partial charge in [0.2, 0.25) is 6.08 Å². The average Bonchev–Trinajstić information content (AvgIpc) is 2.91. The van der Waals surface area contributed by atoms with Crippen molar-refractivity contribution in [1.82, 2.24) is 9.97 Å². The molecular formula is C15H11N3O2. The lowest BCUT2D eigenvalue weighted by Gasteiger charge is -1.97. The van der Waals surface area contributed by atoms with Gasteiger partial charge in [0.25, 0.3) is 0 Å². The van der Waals surface area contributed by atoms with Crippen LogP contribution in [0.25, 0.3) is 22.4 Å². The molecule has 0 bridgehead atoms. The fourth-order valence-electron chi connectivity index (χ4n) is 2.00. The molecule has 0 saturated carbocycles. The number of benzene rings is 2. The summed E-state index contributed by atoms with van der Waals surface area (Å²) in [5.41, 5.74) is 3.27. The molecule has 3 rings (SSSR count). The molecule has 0 atom stereocenters. The fourth-order valence-corrected chi connectivity index (χ4v) is 2.00. The van der Waals surface area contributed by atoms with Crippen molar-refractivity contribution in [2.45, 2.75) is 0 Å². The Hall–Kier alpha value is -2.91. The summed E-state index contributed by atoms with van der Waals surface area (Å²) in [6.07, 6.45) is 1.52. The van der Waals surface area contributed by atoms with Crippen LogP contribution in [0.4, 0.5) is 5.69 Å². The van der Waals surface area contributed by atoms with Gasteiger partial charge in [-0.05, 0) is 36.4 Å². The lowest BCUT2D eigenvalue weighted by molar-refractivity contribution is 0.415. The van der Waals surface area contributed by atoms with E-state index in [1.54, 1.807) is 19.2 Å². The van der Waals surface area contributed by atoms with Crippen molar-refractivity contribution in [3.8, 4) is 17.1 Å². The van der Waals surface area contributed by atoms with Crippen LogP contribution in [0.5, 0.6) is 5.75 Å². The third-order valence-corrected chi connectivity index (χ3v) is 3.00. The first kappa shape index (κ1) is 12.1. The van der Waals surface area contributed by atoms with Gasteiger partial charge in [0.05, 0.1) is 23.8 Å². The molecule has 5 heteroatoms. The lowest BCUT2D eigenvalue weighted by atomic mass is 10.2. The van der Waals surface area contributed by atoms with Crippen LogP contribution in [0.15, 0.2) is 47.5 Å². The van der Waals surface area contributed by atoms with Gasteiger partial charge in [-0.2, -0.15) is 4.99 Å². The Morgan fingerprint density at radius 2 is 2.00 bits per heavy atom. The van der Waals surface area contributed by atoms with Gasteiger partial charge in [-0.1, -0.05) is 0 Å². The highest BCUT2D eigenvalue weighted by Gasteiger charge is 2.06. The number of methoxy groups -OCH3 is 1. The van der Waals surface area contributed by atoms with E-state index in [4.69, 9.17) is 4.74 Å². The number of imidazole rings is 1. The van der Waals surface area contributed by atoms with Gasteiger partial charge in [0.1, 0.15) is 11.6 Å². The van der Waals surface area contributed by atoms with E-state index < -0.39 is 0 Å². The SMILES string of the molecule is COc1ccc2nc(-c3ccc(N=C=O)cc3)[nH]c2c1. The Morgan fingerprint density at radius 3 is 2.70 bits per heavy atom. The number of nitrogens with one attached hydrogen (secondary N) is 1. The monoisotopic (exact) mass is 265 g/mol. The van der Waals surface area contributed by atoms with E-state index in [1.807, 2.05) is 30.3 Å². The molecule has 5 nitrogen and oxygen atoms in total. The Labute approximate surface area is 114 Å². The minimum atomic E-state index is 0.571. The van der Waals surface area contributed by atoms with E-state index in [0.29, 0.717) is 5.69 Å². The molecule has 0 unspecified atom stereocenters. The second-order valence-electron chi connectivity index (χ2n) is 4.22. The van der Waals surface area contributed by atoms with Crippen molar-refractivity contribution in [2.75, 3.05) is 7.11 Å². The van der Waals surface area contributed by atoms with Crippen LogP contribution in [0, 0.1) is 0 Å². The Balaban J connectivity index is 2.02. The quantitative estimate of drug-likeness (QED) is 0.584. The average molecular weight is 265 g/mol. The maximum Gasteiger partial charge on any atom is 0.240 e. The van der Waals surface area contributed by atoms with E-state index in [1.165, 1.54) is 6.08 Å². The van der Waals surface area contributed by atoms with Crippen molar-refractivity contribution in [2.24, 2.45) is 4.99 Å². The highest BCUT2D eigenvalue weighted by Crippen LogP contribution is 2.25. The maximum atomic E-state index is 10.2. The van der Waals surface area contributed by atoms with E-state index in [-0.39, 0.29) is 0 Å². The molecular weight excluding hydrogens is 254 g/mol. The molecule has 2 aromatic carbocycles. The summed E-state index contributed by atoms with van der Waals surface area (Å²) in [6.45, 7) is 0. The highest BCUT2D eigenvalue weighted by atomic mass is 16.5. The number of ether oxygens (including phenoxy) is 1. The summed E-state index contributed by atoms with van der Waals surface area (Å²) in [5, 5.41) is 0. The number of isocyanates is 1. The van der Waals surface area contributed by atoms with Gasteiger partial charge in [-0.25, -0.2) is 9.78 Å². The first-order valence-corrected chi connectivity index (χ1v) is 6.02. The number of H-pyrrole nitrogens is 1. The van der Waals surface area contributed by atoms with Crippen molar-refractivity contribution >= 4 is 22.8 Å². The van der Waals surface area contributed by atoms with Crippen molar-refractivity contribution in [3.63, 3.8) is 0 Å². The third-order valence-electron chi connectivity index (χ3n) is 3.00. The molecule has 0 amide bonds. The first-order valence-electron chi connectivity index (χ1n) is 6.02. The van der Waals surface area contributed by atoms with Crippen molar-refractivity contribution in [3.05, 3.63) is 42.5 Å². The van der Waals surface area contributed by atoms with Gasteiger partial charge in [-0.15, -0.1) is 0 Å². The molecule has 1 N–H and O–H groups in total. The number of rotatable bonds is 3. The van der Waals surface area contributed by atoms with Crippen LogP contribution in [-0.2, 0) is 4.79 Å². The molecule has 1 aromatic heterocycles. The number of hydrogen-bond acceptors (Lipinski definition) is 4. The number of aromatic nitrogens is 2. The van der Waals surface area contributed by atoms with Crippen LogP contribution in [-0.4, -0.2) is 23.2 Å². The largest absolute Gasteiger partial charge is 0.497 e. The van der Waals surface area contributed by atoms with Gasteiger partial charge in [0.15, 0.2) is 0 Å². The smallest absolute Gasteiger partial charge is 0.240 e. The molecule has 0 fully saturated rings. The number of aliphatic imine (C=N–C) groups is 1. The van der Waals surface area contributed by atoms with Crippen LogP contribution < -0.4 is 4.74 Å². The van der Waals surface area contributed by atoms with Gasteiger partial charge in [0, 0.05) is 11.6 Å². The van der Waals surface area contributed by atoms with E-state index in [9.17, 15) is 4.79 Å². The number of nitrogens with zero attached hydrogens (tertiary/aromatic N) is 2. The zero-order valence-corrected chi connectivity index (χ0v) is 10.8.